The first-order valence-corrected chi connectivity index (χ1v) is 7.72. The van der Waals surface area contributed by atoms with Gasteiger partial charge < -0.3 is 10.1 Å². The van der Waals surface area contributed by atoms with Gasteiger partial charge in [0, 0.05) is 23.0 Å². The highest BCUT2D eigenvalue weighted by Gasteiger charge is 2.26. The third-order valence-corrected chi connectivity index (χ3v) is 4.37. The zero-order valence-electron chi connectivity index (χ0n) is 11.9. The van der Waals surface area contributed by atoms with Crippen LogP contribution in [0.4, 0.5) is 0 Å². The first-order chi connectivity index (χ1) is 9.22. The van der Waals surface area contributed by atoms with Crippen molar-refractivity contribution in [2.45, 2.75) is 45.6 Å². The highest BCUT2D eigenvalue weighted by molar-refractivity contribution is 6.31. The molecule has 0 amide bonds. The van der Waals surface area contributed by atoms with Gasteiger partial charge in [0.15, 0.2) is 0 Å². The highest BCUT2D eigenvalue weighted by atomic mass is 35.5. The molecule has 1 heterocycles. The van der Waals surface area contributed by atoms with E-state index in [9.17, 15) is 0 Å². The number of halogens is 1. The smallest absolute Gasteiger partial charge is 0.124 e. The van der Waals surface area contributed by atoms with Gasteiger partial charge >= 0.3 is 0 Å². The Hall–Kier alpha value is -0.730. The monoisotopic (exact) mass is 281 g/mol. The molecule has 0 saturated carbocycles. The normalized spacial score (nSPS) is 20.5. The lowest BCUT2D eigenvalue weighted by Gasteiger charge is -2.25. The van der Waals surface area contributed by atoms with Gasteiger partial charge in [-0.1, -0.05) is 37.4 Å². The summed E-state index contributed by atoms with van der Waals surface area (Å²) in [5, 5.41) is 4.22. The van der Waals surface area contributed by atoms with Crippen LogP contribution >= 0.6 is 11.6 Å². The molecule has 106 valence electrons. The first-order valence-electron chi connectivity index (χ1n) is 7.35. The van der Waals surface area contributed by atoms with Crippen molar-refractivity contribution in [2.24, 2.45) is 5.92 Å². The lowest BCUT2D eigenvalue weighted by molar-refractivity contribution is 0.130. The van der Waals surface area contributed by atoms with Crippen molar-refractivity contribution in [3.05, 3.63) is 28.8 Å². The van der Waals surface area contributed by atoms with Crippen molar-refractivity contribution in [2.75, 3.05) is 13.1 Å². The zero-order chi connectivity index (χ0) is 13.7. The summed E-state index contributed by atoms with van der Waals surface area (Å²) < 4.78 is 6.29. The summed E-state index contributed by atoms with van der Waals surface area (Å²) in [5.74, 6) is 1.57. The third kappa shape index (κ3) is 3.87. The predicted octanol–water partition coefficient (Wildman–Crippen LogP) is 4.20. The van der Waals surface area contributed by atoms with E-state index < -0.39 is 0 Å². The van der Waals surface area contributed by atoms with E-state index in [0.29, 0.717) is 12.0 Å². The molecule has 1 aliphatic rings. The minimum atomic E-state index is 0.312. The number of rotatable bonds is 6. The Morgan fingerprint density at radius 2 is 2.32 bits per heavy atom. The molecule has 0 radical (unpaired) electrons. The van der Waals surface area contributed by atoms with Crippen LogP contribution < -0.4 is 10.1 Å². The summed E-state index contributed by atoms with van der Waals surface area (Å²) in [4.78, 5) is 0. The fourth-order valence-electron chi connectivity index (χ4n) is 2.67. The van der Waals surface area contributed by atoms with Crippen LogP contribution in [0.25, 0.3) is 0 Å². The Bertz CT molecular complexity index is 402. The van der Waals surface area contributed by atoms with Crippen LogP contribution in [0.1, 0.15) is 38.2 Å². The quantitative estimate of drug-likeness (QED) is 0.844. The maximum Gasteiger partial charge on any atom is 0.124 e. The third-order valence-electron chi connectivity index (χ3n) is 3.96. The van der Waals surface area contributed by atoms with Gasteiger partial charge in [0.05, 0.1) is 0 Å². The van der Waals surface area contributed by atoms with Gasteiger partial charge in [-0.15, -0.1) is 0 Å². The molecule has 1 aromatic rings. The maximum absolute atomic E-state index is 6.29. The summed E-state index contributed by atoms with van der Waals surface area (Å²) >= 11 is 6.17. The molecule has 1 unspecified atom stereocenters. The number of hydrogen-bond donors (Lipinski definition) is 1. The Kier molecular flexibility index (Phi) is 5.53. The molecular weight excluding hydrogens is 258 g/mol. The average molecular weight is 282 g/mol. The minimum Gasteiger partial charge on any atom is -0.490 e. The largest absolute Gasteiger partial charge is 0.490 e. The Balaban J connectivity index is 2.07. The van der Waals surface area contributed by atoms with Crippen LogP contribution in [0.3, 0.4) is 0 Å². The molecule has 1 fully saturated rings. The van der Waals surface area contributed by atoms with Gasteiger partial charge in [0.1, 0.15) is 11.9 Å². The highest BCUT2D eigenvalue weighted by Crippen LogP contribution is 2.29. The number of hydrogen-bond acceptors (Lipinski definition) is 2. The van der Waals surface area contributed by atoms with Crippen molar-refractivity contribution < 1.29 is 4.74 Å². The molecule has 1 aliphatic heterocycles. The van der Waals surface area contributed by atoms with Gasteiger partial charge in [-0.25, -0.2) is 0 Å². The Labute approximate surface area is 121 Å². The van der Waals surface area contributed by atoms with Crippen LogP contribution in [-0.4, -0.2) is 19.2 Å². The summed E-state index contributed by atoms with van der Waals surface area (Å²) in [6.07, 6.45) is 5.10. The van der Waals surface area contributed by atoms with E-state index in [0.717, 1.165) is 35.8 Å². The van der Waals surface area contributed by atoms with Crippen LogP contribution in [0, 0.1) is 12.8 Å². The van der Waals surface area contributed by atoms with Crippen molar-refractivity contribution in [1.82, 2.24) is 5.32 Å². The van der Waals surface area contributed by atoms with Gasteiger partial charge in [-0.2, -0.15) is 0 Å². The molecule has 2 rings (SSSR count). The number of ether oxygens (including phenoxy) is 1. The second kappa shape index (κ2) is 7.16. The second-order valence-corrected chi connectivity index (χ2v) is 5.82. The van der Waals surface area contributed by atoms with Gasteiger partial charge in [-0.05, 0) is 38.4 Å². The number of nitrogens with one attached hydrogen (secondary N) is 1. The molecule has 0 spiro atoms. The van der Waals surface area contributed by atoms with E-state index in [1.54, 1.807) is 0 Å². The van der Waals surface area contributed by atoms with E-state index in [4.69, 9.17) is 16.3 Å². The molecule has 1 N–H and O–H groups in total. The second-order valence-electron chi connectivity index (χ2n) is 5.41. The fraction of sp³-hybridized carbons (Fsp3) is 0.625. The van der Waals surface area contributed by atoms with Gasteiger partial charge in [0.2, 0.25) is 0 Å². The van der Waals surface area contributed by atoms with Crippen molar-refractivity contribution in [1.29, 1.82) is 0 Å². The lowest BCUT2D eigenvalue weighted by atomic mass is 9.96. The van der Waals surface area contributed by atoms with Crippen LogP contribution in [0.15, 0.2) is 18.2 Å². The van der Waals surface area contributed by atoms with Crippen molar-refractivity contribution in [3.8, 4) is 5.75 Å². The minimum absolute atomic E-state index is 0.312. The summed E-state index contributed by atoms with van der Waals surface area (Å²) in [5.41, 5.74) is 1.05. The summed E-state index contributed by atoms with van der Waals surface area (Å²) in [6, 6.07) is 5.92. The van der Waals surface area contributed by atoms with Gasteiger partial charge in [0.25, 0.3) is 0 Å². The molecular formula is C16H24ClNO. The van der Waals surface area contributed by atoms with Gasteiger partial charge in [-0.3, -0.25) is 0 Å². The number of benzene rings is 1. The van der Waals surface area contributed by atoms with E-state index in [-0.39, 0.29) is 0 Å². The lowest BCUT2D eigenvalue weighted by Crippen LogP contribution is -2.29. The van der Waals surface area contributed by atoms with Crippen LogP contribution in [-0.2, 0) is 0 Å². The van der Waals surface area contributed by atoms with Crippen molar-refractivity contribution >= 4 is 11.6 Å². The molecule has 1 aromatic carbocycles. The summed E-state index contributed by atoms with van der Waals surface area (Å²) in [6.45, 7) is 6.45. The molecule has 3 heteroatoms. The Morgan fingerprint density at radius 1 is 1.47 bits per heavy atom. The molecule has 2 atom stereocenters. The first kappa shape index (κ1) is 14.7. The predicted molar refractivity (Wildman–Crippen MR) is 81.1 cm³/mol. The fourth-order valence-corrected chi connectivity index (χ4v) is 2.83. The Morgan fingerprint density at radius 3 is 3.00 bits per heavy atom. The van der Waals surface area contributed by atoms with E-state index >= 15 is 0 Å². The van der Waals surface area contributed by atoms with E-state index in [2.05, 4.69) is 12.2 Å². The maximum atomic E-state index is 6.29. The molecule has 1 saturated heterocycles. The molecule has 0 bridgehead atoms. The molecule has 0 aliphatic carbocycles. The average Bonchev–Trinajstić information content (AvgIpc) is 2.93. The molecule has 0 aromatic heterocycles. The number of unbranched alkanes of at least 4 members (excludes halogenated alkanes) is 1. The van der Waals surface area contributed by atoms with Crippen LogP contribution in [0.2, 0.25) is 5.02 Å². The van der Waals surface area contributed by atoms with E-state index in [1.807, 2.05) is 25.1 Å². The van der Waals surface area contributed by atoms with Crippen molar-refractivity contribution in [3.63, 3.8) is 0 Å². The van der Waals surface area contributed by atoms with Crippen LogP contribution in [0.5, 0.6) is 5.75 Å². The topological polar surface area (TPSA) is 21.3 Å². The standard InChI is InChI=1S/C16H24ClNO/c1-3-4-7-16(13-9-10-18-11-13)19-15-8-5-6-14(17)12(15)2/h5-6,8,13,16,18H,3-4,7,9-11H2,1-2H3/t13?,16-/m1/s1. The molecule has 2 nitrogen and oxygen atoms in total. The summed E-state index contributed by atoms with van der Waals surface area (Å²) in [7, 11) is 0. The zero-order valence-corrected chi connectivity index (χ0v) is 12.7. The van der Waals surface area contributed by atoms with E-state index in [1.165, 1.54) is 19.3 Å². The molecule has 19 heavy (non-hydrogen) atoms. The SMILES string of the molecule is CCCC[C@@H](Oc1cccc(Cl)c1C)C1CCNC1.